The van der Waals surface area contributed by atoms with Crippen LogP contribution in [0.25, 0.3) is 0 Å². The smallest absolute Gasteiger partial charge is 0.325 e. The first-order chi connectivity index (χ1) is 13.0. The molecule has 27 heavy (non-hydrogen) atoms. The van der Waals surface area contributed by atoms with E-state index in [9.17, 15) is 14.4 Å². The van der Waals surface area contributed by atoms with Crippen molar-refractivity contribution in [1.29, 1.82) is 0 Å². The van der Waals surface area contributed by atoms with Gasteiger partial charge in [0.2, 0.25) is 5.91 Å². The predicted octanol–water partition coefficient (Wildman–Crippen LogP) is 2.51. The van der Waals surface area contributed by atoms with Gasteiger partial charge in [-0.2, -0.15) is 11.8 Å². The van der Waals surface area contributed by atoms with Crippen molar-refractivity contribution in [2.24, 2.45) is 5.92 Å². The molecule has 1 unspecified atom stereocenters. The van der Waals surface area contributed by atoms with Crippen LogP contribution in [0.2, 0.25) is 5.02 Å². The summed E-state index contributed by atoms with van der Waals surface area (Å²) in [4.78, 5) is 40.8. The molecule has 1 spiro atoms. The third-order valence-corrected chi connectivity index (χ3v) is 6.81. The SMILES string of the molecule is O=C1CC(CN2C(=O)NC3(CCSCC3)C2=O)CN1Cc1cccc(Cl)c1. The maximum Gasteiger partial charge on any atom is 0.325 e. The van der Waals surface area contributed by atoms with Gasteiger partial charge in [0.1, 0.15) is 5.54 Å². The van der Waals surface area contributed by atoms with Crippen LogP contribution in [0.1, 0.15) is 24.8 Å². The van der Waals surface area contributed by atoms with Crippen LogP contribution in [0.5, 0.6) is 0 Å². The summed E-state index contributed by atoms with van der Waals surface area (Å²) < 4.78 is 0. The number of nitrogens with zero attached hydrogens (tertiary/aromatic N) is 2. The largest absolute Gasteiger partial charge is 0.338 e. The van der Waals surface area contributed by atoms with Crippen LogP contribution in [0, 0.1) is 5.92 Å². The Hall–Kier alpha value is -1.73. The van der Waals surface area contributed by atoms with E-state index >= 15 is 0 Å². The van der Waals surface area contributed by atoms with Gasteiger partial charge >= 0.3 is 6.03 Å². The molecular weight excluding hydrogens is 386 g/mol. The number of thioether (sulfide) groups is 1. The molecule has 4 amide bonds. The van der Waals surface area contributed by atoms with E-state index in [1.807, 2.05) is 30.0 Å². The summed E-state index contributed by atoms with van der Waals surface area (Å²) in [6, 6.07) is 7.15. The van der Waals surface area contributed by atoms with E-state index in [0.29, 0.717) is 43.9 Å². The van der Waals surface area contributed by atoms with Gasteiger partial charge in [-0.25, -0.2) is 4.79 Å². The van der Waals surface area contributed by atoms with E-state index in [1.165, 1.54) is 4.90 Å². The van der Waals surface area contributed by atoms with Crippen molar-refractivity contribution in [3.05, 3.63) is 34.9 Å². The lowest BCUT2D eigenvalue weighted by molar-refractivity contribution is -0.132. The fourth-order valence-corrected chi connectivity index (χ4v) is 5.55. The molecule has 1 N–H and O–H groups in total. The number of carbonyl (C=O) groups excluding carboxylic acids is 3. The minimum absolute atomic E-state index is 0.0282. The van der Waals surface area contributed by atoms with Gasteiger partial charge in [-0.1, -0.05) is 23.7 Å². The Morgan fingerprint density at radius 3 is 2.74 bits per heavy atom. The maximum atomic E-state index is 12.9. The Balaban J connectivity index is 1.39. The summed E-state index contributed by atoms with van der Waals surface area (Å²) >= 11 is 7.83. The number of carbonyl (C=O) groups is 3. The van der Waals surface area contributed by atoms with Gasteiger partial charge in [0, 0.05) is 37.0 Å². The molecule has 0 radical (unpaired) electrons. The van der Waals surface area contributed by atoms with Crippen molar-refractivity contribution in [1.82, 2.24) is 15.1 Å². The van der Waals surface area contributed by atoms with Crippen molar-refractivity contribution in [3.63, 3.8) is 0 Å². The van der Waals surface area contributed by atoms with Crippen molar-refractivity contribution in [3.8, 4) is 0 Å². The first-order valence-corrected chi connectivity index (χ1v) is 10.7. The predicted molar refractivity (Wildman–Crippen MR) is 105 cm³/mol. The number of nitrogens with one attached hydrogen (secondary N) is 1. The van der Waals surface area contributed by atoms with E-state index in [-0.39, 0.29) is 23.8 Å². The quantitative estimate of drug-likeness (QED) is 0.778. The van der Waals surface area contributed by atoms with Gasteiger partial charge in [-0.3, -0.25) is 14.5 Å². The highest BCUT2D eigenvalue weighted by atomic mass is 35.5. The number of benzene rings is 1. The second-order valence-corrected chi connectivity index (χ2v) is 9.18. The van der Waals surface area contributed by atoms with Crippen LogP contribution in [0.3, 0.4) is 0 Å². The van der Waals surface area contributed by atoms with Crippen molar-refractivity contribution in [2.45, 2.75) is 31.3 Å². The standard InChI is InChI=1S/C19H22ClN3O3S/c20-15-3-1-2-13(8-15)10-22-11-14(9-16(22)24)12-23-17(25)19(21-18(23)26)4-6-27-7-5-19/h1-3,8,14H,4-7,9-12H2,(H,21,26). The van der Waals surface area contributed by atoms with Gasteiger partial charge in [-0.15, -0.1) is 0 Å². The fraction of sp³-hybridized carbons (Fsp3) is 0.526. The minimum atomic E-state index is -0.717. The van der Waals surface area contributed by atoms with Crippen LogP contribution in [0.4, 0.5) is 4.79 Å². The number of rotatable bonds is 4. The number of halogens is 1. The molecule has 3 heterocycles. The number of urea groups is 1. The highest BCUT2D eigenvalue weighted by Gasteiger charge is 2.52. The van der Waals surface area contributed by atoms with Gasteiger partial charge in [0.25, 0.3) is 5.91 Å². The lowest BCUT2D eigenvalue weighted by Gasteiger charge is -2.30. The summed E-state index contributed by atoms with van der Waals surface area (Å²) in [7, 11) is 0. The second-order valence-electron chi connectivity index (χ2n) is 7.51. The van der Waals surface area contributed by atoms with Crippen molar-refractivity contribution >= 4 is 41.2 Å². The Morgan fingerprint density at radius 2 is 2.00 bits per heavy atom. The lowest BCUT2D eigenvalue weighted by atomic mass is 9.92. The first-order valence-electron chi connectivity index (χ1n) is 9.21. The van der Waals surface area contributed by atoms with Crippen molar-refractivity contribution in [2.75, 3.05) is 24.6 Å². The Labute approximate surface area is 167 Å². The van der Waals surface area contributed by atoms with E-state index in [2.05, 4.69) is 5.32 Å². The molecule has 0 aliphatic carbocycles. The summed E-state index contributed by atoms with van der Waals surface area (Å²) in [6.07, 6.45) is 1.73. The molecular formula is C19H22ClN3O3S. The number of imide groups is 1. The molecule has 3 aliphatic rings. The molecule has 3 saturated heterocycles. The normalized spacial score (nSPS) is 24.8. The van der Waals surface area contributed by atoms with E-state index < -0.39 is 5.54 Å². The summed E-state index contributed by atoms with van der Waals surface area (Å²) in [6.45, 7) is 1.35. The molecule has 3 aliphatic heterocycles. The molecule has 1 aromatic carbocycles. The highest BCUT2D eigenvalue weighted by Crippen LogP contribution is 2.33. The number of amides is 4. The van der Waals surface area contributed by atoms with Gasteiger partial charge < -0.3 is 10.2 Å². The van der Waals surface area contributed by atoms with Crippen LogP contribution in [-0.2, 0) is 16.1 Å². The van der Waals surface area contributed by atoms with Gasteiger partial charge in [0.15, 0.2) is 0 Å². The average molecular weight is 408 g/mol. The summed E-state index contributed by atoms with van der Waals surface area (Å²) in [5, 5.41) is 3.57. The molecule has 8 heteroatoms. The lowest BCUT2D eigenvalue weighted by Crippen LogP contribution is -2.49. The monoisotopic (exact) mass is 407 g/mol. The van der Waals surface area contributed by atoms with Crippen LogP contribution >= 0.6 is 23.4 Å². The zero-order valence-electron chi connectivity index (χ0n) is 14.9. The topological polar surface area (TPSA) is 69.7 Å². The van der Waals surface area contributed by atoms with Gasteiger partial charge in [-0.05, 0) is 42.0 Å². The van der Waals surface area contributed by atoms with Crippen LogP contribution < -0.4 is 5.32 Å². The van der Waals surface area contributed by atoms with E-state index in [1.54, 1.807) is 11.0 Å². The fourth-order valence-electron chi connectivity index (χ4n) is 4.14. The van der Waals surface area contributed by atoms with Crippen LogP contribution in [-0.4, -0.2) is 57.8 Å². The third kappa shape index (κ3) is 3.67. The Kier molecular flexibility index (Phi) is 5.07. The number of likely N-dealkylation sites (tertiary alicyclic amines) is 1. The first kappa shape index (κ1) is 18.6. The number of hydrogen-bond acceptors (Lipinski definition) is 4. The molecule has 4 rings (SSSR count). The molecule has 144 valence electrons. The van der Waals surface area contributed by atoms with Gasteiger partial charge in [0.05, 0.1) is 0 Å². The molecule has 6 nitrogen and oxygen atoms in total. The van der Waals surface area contributed by atoms with E-state index in [4.69, 9.17) is 11.6 Å². The second kappa shape index (κ2) is 7.36. The van der Waals surface area contributed by atoms with Crippen LogP contribution in [0.15, 0.2) is 24.3 Å². The zero-order chi connectivity index (χ0) is 19.0. The number of hydrogen-bond donors (Lipinski definition) is 1. The molecule has 1 atom stereocenters. The molecule has 1 aromatic rings. The Morgan fingerprint density at radius 1 is 1.22 bits per heavy atom. The summed E-state index contributed by atoms with van der Waals surface area (Å²) in [5.74, 6) is 1.67. The Bertz CT molecular complexity index is 781. The van der Waals surface area contributed by atoms with Crippen molar-refractivity contribution < 1.29 is 14.4 Å². The zero-order valence-corrected chi connectivity index (χ0v) is 16.5. The molecule has 0 saturated carbocycles. The van der Waals surface area contributed by atoms with E-state index in [0.717, 1.165) is 17.1 Å². The molecule has 0 aromatic heterocycles. The maximum absolute atomic E-state index is 12.9. The summed E-state index contributed by atoms with van der Waals surface area (Å²) in [5.41, 5.74) is 0.260. The highest BCUT2D eigenvalue weighted by molar-refractivity contribution is 7.99. The molecule has 3 fully saturated rings. The third-order valence-electron chi connectivity index (χ3n) is 5.59. The average Bonchev–Trinajstić information content (AvgIpc) is 3.08. The minimum Gasteiger partial charge on any atom is -0.338 e. The molecule has 0 bridgehead atoms.